The Balaban J connectivity index is 1.47. The van der Waals surface area contributed by atoms with Gasteiger partial charge in [-0.3, -0.25) is 0 Å². The first-order valence-electron chi connectivity index (χ1n) is 8.80. The molecule has 0 amide bonds. The zero-order valence-corrected chi connectivity index (χ0v) is 12.5. The molecular weight excluding hydrogens is 272 g/mol. The van der Waals surface area contributed by atoms with E-state index in [-0.39, 0.29) is 11.8 Å². The van der Waals surface area contributed by atoms with E-state index in [2.05, 4.69) is 48.6 Å². The van der Waals surface area contributed by atoms with Gasteiger partial charge in [0.05, 0.1) is 0 Å². The quantitative estimate of drug-likeness (QED) is 0.729. The van der Waals surface area contributed by atoms with Crippen LogP contribution in [0.2, 0.25) is 0 Å². The van der Waals surface area contributed by atoms with Crippen LogP contribution < -0.4 is 0 Å². The molecule has 10 atom stereocenters. The van der Waals surface area contributed by atoms with E-state index in [9.17, 15) is 10.2 Å². The van der Waals surface area contributed by atoms with Crippen LogP contribution in [0.1, 0.15) is 12.8 Å². The first kappa shape index (κ1) is 12.3. The summed E-state index contributed by atoms with van der Waals surface area (Å²) in [7, 11) is 0. The van der Waals surface area contributed by atoms with Crippen LogP contribution in [-0.4, -0.2) is 21.4 Å². The van der Waals surface area contributed by atoms with E-state index < -0.39 is 11.2 Å². The Morgan fingerprint density at radius 1 is 0.591 bits per heavy atom. The third kappa shape index (κ3) is 1.11. The Bertz CT molecular complexity index is 615. The number of hydrogen-bond donors (Lipinski definition) is 2. The molecule has 0 aliphatic heterocycles. The third-order valence-electron chi connectivity index (χ3n) is 7.90. The van der Waals surface area contributed by atoms with E-state index in [0.29, 0.717) is 35.5 Å². The van der Waals surface area contributed by atoms with Gasteiger partial charge in [-0.05, 0) is 48.3 Å². The maximum absolute atomic E-state index is 11.7. The van der Waals surface area contributed by atoms with Gasteiger partial charge in [0.2, 0.25) is 0 Å². The Hall–Kier alpha value is -1.12. The zero-order valence-electron chi connectivity index (χ0n) is 12.5. The van der Waals surface area contributed by atoms with Crippen molar-refractivity contribution in [2.45, 2.75) is 24.0 Å². The fraction of sp³-hybridized carbons (Fsp3) is 0.600. The van der Waals surface area contributed by atoms with Crippen LogP contribution >= 0.6 is 0 Å². The van der Waals surface area contributed by atoms with Gasteiger partial charge in [-0.25, -0.2) is 0 Å². The van der Waals surface area contributed by atoms with E-state index >= 15 is 0 Å². The summed E-state index contributed by atoms with van der Waals surface area (Å²) in [6.07, 6.45) is 19.5. The average molecular weight is 294 g/mol. The lowest BCUT2D eigenvalue weighted by Crippen LogP contribution is -2.59. The summed E-state index contributed by atoms with van der Waals surface area (Å²) in [5, 5.41) is 23.4. The van der Waals surface area contributed by atoms with Gasteiger partial charge in [-0.15, -0.1) is 0 Å². The van der Waals surface area contributed by atoms with Gasteiger partial charge in [0.25, 0.3) is 0 Å². The van der Waals surface area contributed by atoms with E-state index in [0.717, 1.165) is 12.8 Å². The molecule has 6 aliphatic rings. The highest BCUT2D eigenvalue weighted by atomic mass is 16.4. The molecule has 0 aromatic carbocycles. The maximum atomic E-state index is 11.7. The summed E-state index contributed by atoms with van der Waals surface area (Å²) < 4.78 is 0. The predicted octanol–water partition coefficient (Wildman–Crippen LogP) is 2.46. The summed E-state index contributed by atoms with van der Waals surface area (Å²) in [5.41, 5.74) is -1.92. The topological polar surface area (TPSA) is 40.5 Å². The zero-order chi connectivity index (χ0) is 14.7. The van der Waals surface area contributed by atoms with Crippen molar-refractivity contribution in [2.24, 2.45) is 47.3 Å². The molecular formula is C20H22O2. The van der Waals surface area contributed by atoms with Crippen LogP contribution in [0.25, 0.3) is 0 Å². The van der Waals surface area contributed by atoms with Gasteiger partial charge >= 0.3 is 0 Å². The van der Waals surface area contributed by atoms with Crippen LogP contribution in [-0.2, 0) is 0 Å². The summed E-state index contributed by atoms with van der Waals surface area (Å²) in [6.45, 7) is 0. The van der Waals surface area contributed by atoms with Crippen molar-refractivity contribution in [1.29, 1.82) is 0 Å². The van der Waals surface area contributed by atoms with Crippen molar-refractivity contribution in [1.82, 2.24) is 0 Å². The molecule has 0 bridgehead atoms. The molecule has 2 saturated carbocycles. The molecule has 114 valence electrons. The Kier molecular flexibility index (Phi) is 1.97. The number of rotatable bonds is 1. The van der Waals surface area contributed by atoms with E-state index in [1.807, 2.05) is 0 Å². The van der Waals surface area contributed by atoms with Crippen molar-refractivity contribution >= 4 is 0 Å². The Labute approximate surface area is 130 Å². The minimum absolute atomic E-state index is 0.123. The number of allylic oxidation sites excluding steroid dienone is 6. The minimum Gasteiger partial charge on any atom is -0.386 e. The van der Waals surface area contributed by atoms with Crippen molar-refractivity contribution in [2.75, 3.05) is 0 Å². The van der Waals surface area contributed by atoms with Gasteiger partial charge in [0, 0.05) is 11.8 Å². The molecule has 22 heavy (non-hydrogen) atoms. The largest absolute Gasteiger partial charge is 0.386 e. The first-order valence-corrected chi connectivity index (χ1v) is 8.80. The molecule has 0 aromatic rings. The molecule has 2 N–H and O–H groups in total. The molecule has 0 saturated heterocycles. The summed E-state index contributed by atoms with van der Waals surface area (Å²) in [5.74, 6) is 3.08. The molecule has 2 fully saturated rings. The monoisotopic (exact) mass is 294 g/mol. The smallest absolute Gasteiger partial charge is 0.101 e. The molecule has 2 heteroatoms. The van der Waals surface area contributed by atoms with Crippen LogP contribution in [0.3, 0.4) is 0 Å². The fourth-order valence-corrected chi connectivity index (χ4v) is 7.06. The van der Waals surface area contributed by atoms with Gasteiger partial charge in [0.15, 0.2) is 0 Å². The lowest BCUT2D eigenvalue weighted by Gasteiger charge is -2.45. The first-order chi connectivity index (χ1) is 10.6. The molecule has 0 heterocycles. The van der Waals surface area contributed by atoms with Crippen LogP contribution in [0.5, 0.6) is 0 Å². The second-order valence-corrected chi connectivity index (χ2v) is 8.49. The van der Waals surface area contributed by atoms with Crippen LogP contribution in [0.4, 0.5) is 0 Å². The molecule has 0 radical (unpaired) electrons. The lowest BCUT2D eigenvalue weighted by molar-refractivity contribution is -0.180. The van der Waals surface area contributed by atoms with E-state index in [4.69, 9.17) is 0 Å². The van der Waals surface area contributed by atoms with Crippen molar-refractivity contribution in [3.63, 3.8) is 0 Å². The normalized spacial score (nSPS) is 65.0. The van der Waals surface area contributed by atoms with E-state index in [1.54, 1.807) is 0 Å². The molecule has 6 rings (SSSR count). The van der Waals surface area contributed by atoms with Crippen LogP contribution in [0.15, 0.2) is 48.6 Å². The number of hydrogen-bond acceptors (Lipinski definition) is 2. The summed E-state index contributed by atoms with van der Waals surface area (Å²) in [4.78, 5) is 0. The highest BCUT2D eigenvalue weighted by Crippen LogP contribution is 2.66. The molecule has 2 nitrogen and oxygen atoms in total. The van der Waals surface area contributed by atoms with Gasteiger partial charge in [0.1, 0.15) is 11.2 Å². The van der Waals surface area contributed by atoms with Gasteiger partial charge in [-0.1, -0.05) is 48.6 Å². The SMILES string of the molecule is O[C@]1([C@]2(O)C[C@@H]3C=C[C@H]4C=C[C@H]2[C@@H]43)C[C@H]2C=C[C@@H]3C=C[C@H]1[C@@H]32. The third-order valence-corrected chi connectivity index (χ3v) is 7.90. The molecule has 0 aromatic heterocycles. The van der Waals surface area contributed by atoms with Crippen molar-refractivity contribution in [3.05, 3.63) is 48.6 Å². The second kappa shape index (κ2) is 3.52. The lowest BCUT2D eigenvalue weighted by atomic mass is 9.68. The average Bonchev–Trinajstić information content (AvgIpc) is 3.24. The Morgan fingerprint density at radius 2 is 1.00 bits per heavy atom. The summed E-state index contributed by atoms with van der Waals surface area (Å²) in [6, 6.07) is 0. The van der Waals surface area contributed by atoms with Crippen molar-refractivity contribution in [3.8, 4) is 0 Å². The van der Waals surface area contributed by atoms with Crippen LogP contribution in [0, 0.1) is 47.3 Å². The number of aliphatic hydroxyl groups is 2. The maximum Gasteiger partial charge on any atom is 0.101 e. The highest BCUT2D eigenvalue weighted by molar-refractivity contribution is 5.37. The molecule has 0 unspecified atom stereocenters. The fourth-order valence-electron chi connectivity index (χ4n) is 7.06. The summed E-state index contributed by atoms with van der Waals surface area (Å²) >= 11 is 0. The highest BCUT2D eigenvalue weighted by Gasteiger charge is 2.70. The predicted molar refractivity (Wildman–Crippen MR) is 83.6 cm³/mol. The second-order valence-electron chi connectivity index (χ2n) is 8.49. The van der Waals surface area contributed by atoms with Gasteiger partial charge in [-0.2, -0.15) is 0 Å². The minimum atomic E-state index is -0.958. The van der Waals surface area contributed by atoms with Gasteiger partial charge < -0.3 is 10.2 Å². The molecule has 0 spiro atoms. The van der Waals surface area contributed by atoms with E-state index in [1.165, 1.54) is 0 Å². The standard InChI is InChI=1S/C20H22O2/c21-19(9-13-3-1-11-5-7-15(19)17(11)13)20(22)10-14-4-2-12-6-8-16(20)18(12)14/h1-8,11-18,21-22H,9-10H2/t11-,12+,13-,14+,15-,16-,17-,18-,19-,20+/m0/s1. The van der Waals surface area contributed by atoms with Crippen molar-refractivity contribution < 1.29 is 10.2 Å². The Morgan fingerprint density at radius 3 is 1.45 bits per heavy atom. The molecule has 6 aliphatic carbocycles.